The van der Waals surface area contributed by atoms with Crippen molar-refractivity contribution in [2.24, 2.45) is 7.05 Å². The van der Waals surface area contributed by atoms with Crippen LogP contribution in [0.25, 0.3) is 10.9 Å². The van der Waals surface area contributed by atoms with Gasteiger partial charge in [-0.3, -0.25) is 24.4 Å². The number of nitrogens with zero attached hydrogens (tertiary/aromatic N) is 3. The van der Waals surface area contributed by atoms with Crippen molar-refractivity contribution >= 4 is 28.5 Å². The molecule has 7 nitrogen and oxygen atoms in total. The summed E-state index contributed by atoms with van der Waals surface area (Å²) in [6, 6.07) is 6.59. The lowest BCUT2D eigenvalue weighted by molar-refractivity contribution is -0.134. The van der Waals surface area contributed by atoms with Crippen LogP contribution >= 0.6 is 0 Å². The summed E-state index contributed by atoms with van der Waals surface area (Å²) in [5.74, 6) is -0.577. The van der Waals surface area contributed by atoms with Crippen LogP contribution in [0.1, 0.15) is 130 Å². The molecular formula is C33H55FN4O3. The Morgan fingerprint density at radius 3 is 2.12 bits per heavy atom. The number of halogens is 1. The van der Waals surface area contributed by atoms with Gasteiger partial charge in [-0.15, -0.1) is 0 Å². The van der Waals surface area contributed by atoms with Crippen LogP contribution in [0.3, 0.4) is 0 Å². The van der Waals surface area contributed by atoms with Crippen LogP contribution in [0.2, 0.25) is 0 Å². The Balaban J connectivity index is 0.000000547. The summed E-state index contributed by atoms with van der Waals surface area (Å²) in [4.78, 5) is 36.4. The average Bonchev–Trinajstić information content (AvgIpc) is 3.28. The number of amides is 2. The number of aryl methyl sites for hydroxylation is 1. The van der Waals surface area contributed by atoms with Crippen molar-refractivity contribution in [3.63, 3.8) is 0 Å². The Hall–Kier alpha value is -2.61. The minimum atomic E-state index is -1.64. The normalized spacial score (nSPS) is 17.9. The van der Waals surface area contributed by atoms with Crippen molar-refractivity contribution in [2.75, 3.05) is 19.6 Å². The molecule has 1 N–H and O–H groups in total. The quantitative estimate of drug-likeness (QED) is 0.353. The van der Waals surface area contributed by atoms with E-state index in [1.54, 1.807) is 0 Å². The topological polar surface area (TPSA) is 84.3 Å². The van der Waals surface area contributed by atoms with Gasteiger partial charge >= 0.3 is 0 Å². The maximum Gasteiger partial charge on any atom is 0.235 e. The van der Waals surface area contributed by atoms with Crippen molar-refractivity contribution in [1.29, 1.82) is 0 Å². The van der Waals surface area contributed by atoms with E-state index < -0.39 is 11.5 Å². The highest BCUT2D eigenvalue weighted by molar-refractivity contribution is 6.02. The van der Waals surface area contributed by atoms with E-state index in [0.29, 0.717) is 18.8 Å². The minimum absolute atomic E-state index is 0.186. The van der Waals surface area contributed by atoms with Crippen molar-refractivity contribution in [2.45, 2.75) is 124 Å². The molecule has 0 radical (unpaired) electrons. The van der Waals surface area contributed by atoms with Gasteiger partial charge in [0, 0.05) is 18.9 Å². The van der Waals surface area contributed by atoms with Crippen molar-refractivity contribution in [1.82, 2.24) is 20.0 Å². The third-order valence-corrected chi connectivity index (χ3v) is 7.70. The lowest BCUT2D eigenvalue weighted by atomic mass is 9.88. The van der Waals surface area contributed by atoms with Gasteiger partial charge in [0.05, 0.1) is 17.1 Å². The summed E-state index contributed by atoms with van der Waals surface area (Å²) >= 11 is 0. The standard InChI is InChI=1S/C22H30N4O2.C5H9FO.C4H10.C2H6/c1-3-4-11-26-12-9-15(10-13-26)16-5-6-17-19(14-16)25(2)24-21(17)18-7-8-20(27)23-22(18)28;1-4(7)5(2,3)6;1-3-4-2;1-2/h5-6,14-15,18H,3-4,7-13H2,1-2H3,(H,23,27,28);1-3H3;3-4H2,1-2H3;1-2H3. The molecule has 2 amide bonds. The lowest BCUT2D eigenvalue weighted by Gasteiger charge is -2.32. The Morgan fingerprint density at radius 1 is 1.05 bits per heavy atom. The number of rotatable bonds is 7. The second-order valence-corrected chi connectivity index (χ2v) is 11.3. The number of aromatic nitrogens is 2. The number of alkyl halides is 1. The number of Topliss-reactive ketones (excluding diaryl/α,β-unsaturated/α-hetero) is 1. The fourth-order valence-corrected chi connectivity index (χ4v) is 4.64. The number of unbranched alkanes of at least 4 members (excludes halogenated alkanes) is 2. The lowest BCUT2D eigenvalue weighted by Crippen LogP contribution is -2.39. The fraction of sp³-hybridized carbons (Fsp3) is 0.697. The Kier molecular flexibility index (Phi) is 16.0. The average molecular weight is 575 g/mol. The Bertz CT molecular complexity index is 1100. The third kappa shape index (κ3) is 11.3. The molecule has 0 saturated carbocycles. The number of carbonyl (C=O) groups excluding carboxylic acids is 3. The number of fused-ring (bicyclic) bond motifs is 1. The van der Waals surface area contributed by atoms with Crippen LogP contribution < -0.4 is 5.32 Å². The van der Waals surface area contributed by atoms with Gasteiger partial charge in [0.2, 0.25) is 11.8 Å². The van der Waals surface area contributed by atoms with Gasteiger partial charge in [0.25, 0.3) is 0 Å². The number of ketones is 1. The van der Waals surface area contributed by atoms with Crippen LogP contribution in [-0.2, 0) is 21.4 Å². The molecule has 0 bridgehead atoms. The zero-order valence-electron chi connectivity index (χ0n) is 27.1. The van der Waals surface area contributed by atoms with E-state index in [0.717, 1.165) is 16.6 Å². The number of hydrogen-bond donors (Lipinski definition) is 1. The zero-order chi connectivity index (χ0) is 31.2. The molecule has 232 valence electrons. The first-order valence-corrected chi connectivity index (χ1v) is 15.6. The molecule has 41 heavy (non-hydrogen) atoms. The van der Waals surface area contributed by atoms with Crippen LogP contribution in [0.4, 0.5) is 4.39 Å². The van der Waals surface area contributed by atoms with E-state index >= 15 is 0 Å². The number of benzene rings is 1. The summed E-state index contributed by atoms with van der Waals surface area (Å²) in [6.07, 6.45) is 8.50. The molecule has 1 aromatic heterocycles. The number of likely N-dealkylation sites (tertiary alicyclic amines) is 1. The number of imide groups is 1. The van der Waals surface area contributed by atoms with Crippen molar-refractivity contribution in [3.8, 4) is 0 Å². The van der Waals surface area contributed by atoms with Gasteiger partial charge in [0.15, 0.2) is 11.5 Å². The molecular weight excluding hydrogens is 519 g/mol. The molecule has 2 fully saturated rings. The molecule has 4 rings (SSSR count). The summed E-state index contributed by atoms with van der Waals surface area (Å²) in [6.45, 7) is 17.9. The molecule has 1 aromatic carbocycles. The first-order chi connectivity index (χ1) is 19.4. The van der Waals surface area contributed by atoms with Gasteiger partial charge in [-0.25, -0.2) is 4.39 Å². The molecule has 2 aliphatic heterocycles. The van der Waals surface area contributed by atoms with Gasteiger partial charge in [-0.1, -0.05) is 66.0 Å². The van der Waals surface area contributed by atoms with Crippen molar-refractivity contribution in [3.05, 3.63) is 29.5 Å². The van der Waals surface area contributed by atoms with Gasteiger partial charge in [-0.05, 0) is 83.6 Å². The smallest absolute Gasteiger partial charge is 0.235 e. The third-order valence-electron chi connectivity index (χ3n) is 7.70. The van der Waals surface area contributed by atoms with E-state index in [2.05, 4.69) is 54.3 Å². The van der Waals surface area contributed by atoms with E-state index in [-0.39, 0.29) is 17.7 Å². The summed E-state index contributed by atoms with van der Waals surface area (Å²) in [5.41, 5.74) is 1.61. The van der Waals surface area contributed by atoms with Crippen LogP contribution in [0, 0.1) is 0 Å². The maximum atomic E-state index is 12.3. The minimum Gasteiger partial charge on any atom is -0.303 e. The van der Waals surface area contributed by atoms with Gasteiger partial charge in [0.1, 0.15) is 0 Å². The first kappa shape index (κ1) is 36.4. The number of carbonyl (C=O) groups is 3. The molecule has 2 saturated heterocycles. The monoisotopic (exact) mass is 574 g/mol. The SMILES string of the molecule is CC.CC(=O)C(C)(C)F.CCCC.CCCCN1CCC(c2ccc3c(C4CCC(=O)NC4=O)nn(C)c3c2)CC1. The van der Waals surface area contributed by atoms with Crippen LogP contribution in [0.5, 0.6) is 0 Å². The second-order valence-electron chi connectivity index (χ2n) is 11.3. The Morgan fingerprint density at radius 2 is 1.63 bits per heavy atom. The summed E-state index contributed by atoms with van der Waals surface area (Å²) in [5, 5.41) is 8.14. The molecule has 3 heterocycles. The Labute approximate surface area is 247 Å². The van der Waals surface area contributed by atoms with Crippen LogP contribution in [0.15, 0.2) is 18.2 Å². The highest BCUT2D eigenvalue weighted by Crippen LogP contribution is 2.34. The molecule has 1 unspecified atom stereocenters. The highest BCUT2D eigenvalue weighted by atomic mass is 19.1. The van der Waals surface area contributed by atoms with E-state index in [9.17, 15) is 18.8 Å². The number of piperidine rings is 2. The number of hydrogen-bond acceptors (Lipinski definition) is 5. The van der Waals surface area contributed by atoms with Crippen LogP contribution in [-0.4, -0.2) is 57.6 Å². The maximum absolute atomic E-state index is 12.3. The summed E-state index contributed by atoms with van der Waals surface area (Å²) < 4.78 is 14.0. The first-order valence-electron chi connectivity index (χ1n) is 15.6. The molecule has 0 aliphatic carbocycles. The van der Waals surface area contributed by atoms with E-state index in [1.807, 2.05) is 25.6 Å². The molecule has 2 aromatic rings. The summed E-state index contributed by atoms with van der Waals surface area (Å²) in [7, 11) is 1.94. The predicted octanol–water partition coefficient (Wildman–Crippen LogP) is 7.23. The second kappa shape index (κ2) is 18.0. The van der Waals surface area contributed by atoms with Gasteiger partial charge in [-0.2, -0.15) is 5.10 Å². The fourth-order valence-electron chi connectivity index (χ4n) is 4.64. The molecule has 2 aliphatic rings. The van der Waals surface area contributed by atoms with Gasteiger partial charge < -0.3 is 4.90 Å². The predicted molar refractivity (Wildman–Crippen MR) is 167 cm³/mol. The molecule has 8 heteroatoms. The molecule has 0 spiro atoms. The number of nitrogens with one attached hydrogen (secondary N) is 1. The highest BCUT2D eigenvalue weighted by Gasteiger charge is 2.32. The largest absolute Gasteiger partial charge is 0.303 e. The van der Waals surface area contributed by atoms with Crippen molar-refractivity contribution < 1.29 is 18.8 Å². The zero-order valence-corrected chi connectivity index (χ0v) is 27.1. The van der Waals surface area contributed by atoms with E-state index in [1.165, 1.54) is 84.5 Å². The van der Waals surface area contributed by atoms with E-state index in [4.69, 9.17) is 0 Å². The molecule has 1 atom stereocenters.